The number of carbonyl (C=O) groups is 1. The van der Waals surface area contributed by atoms with Gasteiger partial charge in [-0.25, -0.2) is 4.39 Å². The van der Waals surface area contributed by atoms with E-state index in [1.165, 1.54) is 43.4 Å². The molecule has 0 bridgehead atoms. The van der Waals surface area contributed by atoms with Gasteiger partial charge in [-0.1, -0.05) is 37.1 Å². The van der Waals surface area contributed by atoms with Crippen molar-refractivity contribution in [2.24, 2.45) is 0 Å². The quantitative estimate of drug-likeness (QED) is 0.655. The van der Waals surface area contributed by atoms with E-state index in [2.05, 4.69) is 30.9 Å². The maximum absolute atomic E-state index is 13.2. The molecule has 1 aliphatic heterocycles. The Labute approximate surface area is 185 Å². The van der Waals surface area contributed by atoms with Crippen LogP contribution in [0.5, 0.6) is 5.75 Å². The maximum atomic E-state index is 13.2. The standard InChI is InChI=1S/C26H33FN2O2/c1-19-16-29(20(2)15-28(19)17-21-7-11-24(27)12-8-21)26(30)18-31-25-13-9-23(10-14-25)22-5-3-4-6-22/h7-14,19-20,22H,3-6,15-18H2,1-2H3/t19-,20+/m1/s1. The highest BCUT2D eigenvalue weighted by molar-refractivity contribution is 5.78. The highest BCUT2D eigenvalue weighted by Gasteiger charge is 2.32. The molecule has 0 aromatic heterocycles. The van der Waals surface area contributed by atoms with Crippen LogP contribution in [0.25, 0.3) is 0 Å². The lowest BCUT2D eigenvalue weighted by Gasteiger charge is -2.44. The van der Waals surface area contributed by atoms with Crippen molar-refractivity contribution in [3.8, 4) is 5.75 Å². The third-order valence-electron chi connectivity index (χ3n) is 6.80. The fourth-order valence-electron chi connectivity index (χ4n) is 4.91. The van der Waals surface area contributed by atoms with Gasteiger partial charge in [0.25, 0.3) is 5.91 Å². The van der Waals surface area contributed by atoms with Crippen LogP contribution in [0.3, 0.4) is 0 Å². The molecule has 2 aromatic rings. The maximum Gasteiger partial charge on any atom is 0.260 e. The van der Waals surface area contributed by atoms with Gasteiger partial charge < -0.3 is 9.64 Å². The van der Waals surface area contributed by atoms with Crippen molar-refractivity contribution in [2.45, 2.75) is 64.1 Å². The minimum absolute atomic E-state index is 0.0284. The van der Waals surface area contributed by atoms with Crippen molar-refractivity contribution in [2.75, 3.05) is 19.7 Å². The molecule has 5 heteroatoms. The first-order chi connectivity index (χ1) is 15.0. The number of piperazine rings is 1. The number of amides is 1. The Bertz CT molecular complexity index is 862. The zero-order chi connectivity index (χ0) is 21.8. The molecule has 0 radical (unpaired) electrons. The summed E-state index contributed by atoms with van der Waals surface area (Å²) in [6.45, 7) is 6.51. The molecule has 1 amide bonds. The topological polar surface area (TPSA) is 32.8 Å². The lowest BCUT2D eigenvalue weighted by atomic mass is 9.98. The van der Waals surface area contributed by atoms with Crippen LogP contribution in [0.15, 0.2) is 48.5 Å². The molecular weight excluding hydrogens is 391 g/mol. The van der Waals surface area contributed by atoms with E-state index in [9.17, 15) is 9.18 Å². The number of carbonyl (C=O) groups excluding carboxylic acids is 1. The normalized spacial score (nSPS) is 22.6. The average molecular weight is 425 g/mol. The molecule has 166 valence electrons. The first-order valence-electron chi connectivity index (χ1n) is 11.5. The van der Waals surface area contributed by atoms with Gasteiger partial charge in [0, 0.05) is 31.7 Å². The van der Waals surface area contributed by atoms with Gasteiger partial charge >= 0.3 is 0 Å². The molecule has 2 aromatic carbocycles. The summed E-state index contributed by atoms with van der Waals surface area (Å²) in [6, 6.07) is 15.3. The monoisotopic (exact) mass is 424 g/mol. The molecule has 31 heavy (non-hydrogen) atoms. The van der Waals surface area contributed by atoms with Crippen LogP contribution in [0, 0.1) is 5.82 Å². The first kappa shape index (κ1) is 21.8. The van der Waals surface area contributed by atoms with Gasteiger partial charge in [0.1, 0.15) is 11.6 Å². The van der Waals surface area contributed by atoms with Crippen molar-refractivity contribution < 1.29 is 13.9 Å². The van der Waals surface area contributed by atoms with Crippen molar-refractivity contribution in [1.82, 2.24) is 9.80 Å². The molecule has 2 atom stereocenters. The number of ether oxygens (including phenoxy) is 1. The lowest BCUT2D eigenvalue weighted by Crippen LogP contribution is -2.58. The second-order valence-electron chi connectivity index (χ2n) is 9.14. The van der Waals surface area contributed by atoms with Crippen LogP contribution in [-0.4, -0.2) is 47.5 Å². The van der Waals surface area contributed by atoms with Crippen LogP contribution in [0.2, 0.25) is 0 Å². The number of benzene rings is 2. The number of halogens is 1. The Kier molecular flexibility index (Phi) is 6.91. The summed E-state index contributed by atoms with van der Waals surface area (Å²) in [6.07, 6.45) is 5.21. The Morgan fingerprint density at radius 2 is 1.65 bits per heavy atom. The highest BCUT2D eigenvalue weighted by atomic mass is 19.1. The largest absolute Gasteiger partial charge is 0.484 e. The van der Waals surface area contributed by atoms with Gasteiger partial charge in [0.05, 0.1) is 0 Å². The minimum atomic E-state index is -0.214. The molecule has 0 N–H and O–H groups in total. The van der Waals surface area contributed by atoms with Crippen LogP contribution in [0.1, 0.15) is 56.6 Å². The van der Waals surface area contributed by atoms with Crippen molar-refractivity contribution in [1.29, 1.82) is 0 Å². The smallest absolute Gasteiger partial charge is 0.260 e. The summed E-state index contributed by atoms with van der Waals surface area (Å²) in [7, 11) is 0. The number of hydrogen-bond acceptors (Lipinski definition) is 3. The molecule has 0 unspecified atom stereocenters. The summed E-state index contributed by atoms with van der Waals surface area (Å²) in [4.78, 5) is 17.1. The summed E-state index contributed by atoms with van der Waals surface area (Å²) in [5.74, 6) is 1.25. The van der Waals surface area contributed by atoms with E-state index in [4.69, 9.17) is 4.74 Å². The molecular formula is C26H33FN2O2. The zero-order valence-corrected chi connectivity index (χ0v) is 18.6. The molecule has 1 saturated heterocycles. The lowest BCUT2D eigenvalue weighted by molar-refractivity contribution is -0.139. The number of nitrogens with zero attached hydrogens (tertiary/aromatic N) is 2. The second kappa shape index (κ2) is 9.82. The van der Waals surface area contributed by atoms with Gasteiger partial charge in [-0.15, -0.1) is 0 Å². The molecule has 1 saturated carbocycles. The Morgan fingerprint density at radius 1 is 0.968 bits per heavy atom. The van der Waals surface area contributed by atoms with Crippen LogP contribution in [-0.2, 0) is 11.3 Å². The van der Waals surface area contributed by atoms with Crippen LogP contribution < -0.4 is 4.74 Å². The molecule has 1 heterocycles. The van der Waals surface area contributed by atoms with E-state index in [-0.39, 0.29) is 30.4 Å². The third kappa shape index (κ3) is 5.45. The molecule has 1 aliphatic carbocycles. The van der Waals surface area contributed by atoms with Gasteiger partial charge in [0.2, 0.25) is 0 Å². The van der Waals surface area contributed by atoms with Crippen LogP contribution >= 0.6 is 0 Å². The fraction of sp³-hybridized carbons (Fsp3) is 0.500. The molecule has 2 fully saturated rings. The van der Waals surface area contributed by atoms with Crippen LogP contribution in [0.4, 0.5) is 4.39 Å². The molecule has 2 aliphatic rings. The first-order valence-corrected chi connectivity index (χ1v) is 11.5. The third-order valence-corrected chi connectivity index (χ3v) is 6.80. The molecule has 4 nitrogen and oxygen atoms in total. The molecule has 0 spiro atoms. The van der Waals surface area contributed by atoms with Gasteiger partial charge in [-0.2, -0.15) is 0 Å². The summed E-state index contributed by atoms with van der Waals surface area (Å²) >= 11 is 0. The summed E-state index contributed by atoms with van der Waals surface area (Å²) in [5.41, 5.74) is 2.47. The van der Waals surface area contributed by atoms with E-state index in [0.717, 1.165) is 24.4 Å². The van der Waals surface area contributed by atoms with Gasteiger partial charge in [-0.05, 0) is 68.0 Å². The second-order valence-corrected chi connectivity index (χ2v) is 9.14. The summed E-state index contributed by atoms with van der Waals surface area (Å²) in [5, 5.41) is 0. The predicted octanol–water partition coefficient (Wildman–Crippen LogP) is 4.98. The van der Waals surface area contributed by atoms with Gasteiger partial charge in [0.15, 0.2) is 6.61 Å². The summed E-state index contributed by atoms with van der Waals surface area (Å²) < 4.78 is 19.0. The van der Waals surface area contributed by atoms with E-state index in [1.54, 1.807) is 0 Å². The van der Waals surface area contributed by atoms with E-state index in [1.807, 2.05) is 29.2 Å². The number of rotatable bonds is 6. The SMILES string of the molecule is C[C@@H]1CN(C(=O)COc2ccc(C3CCCC3)cc2)[C@@H](C)CN1Cc1ccc(F)cc1. The van der Waals surface area contributed by atoms with E-state index >= 15 is 0 Å². The Hall–Kier alpha value is -2.40. The van der Waals surface area contributed by atoms with E-state index in [0.29, 0.717) is 12.5 Å². The van der Waals surface area contributed by atoms with Gasteiger partial charge in [-0.3, -0.25) is 9.69 Å². The highest BCUT2D eigenvalue weighted by Crippen LogP contribution is 2.34. The van der Waals surface area contributed by atoms with Crippen molar-refractivity contribution >= 4 is 5.91 Å². The van der Waals surface area contributed by atoms with Crippen molar-refractivity contribution in [3.63, 3.8) is 0 Å². The van der Waals surface area contributed by atoms with E-state index < -0.39 is 0 Å². The number of hydrogen-bond donors (Lipinski definition) is 0. The zero-order valence-electron chi connectivity index (χ0n) is 18.6. The Morgan fingerprint density at radius 3 is 2.32 bits per heavy atom. The average Bonchev–Trinajstić information content (AvgIpc) is 3.31. The predicted molar refractivity (Wildman–Crippen MR) is 121 cm³/mol. The van der Waals surface area contributed by atoms with Crippen molar-refractivity contribution in [3.05, 3.63) is 65.5 Å². The molecule has 4 rings (SSSR count). The minimum Gasteiger partial charge on any atom is -0.484 e. The fourth-order valence-corrected chi connectivity index (χ4v) is 4.91. The Balaban J connectivity index is 1.28.